The first-order chi connectivity index (χ1) is 13.5. The molecule has 5 heteroatoms. The minimum Gasteiger partial charge on any atom is -0.372 e. The van der Waals surface area contributed by atoms with Crippen molar-refractivity contribution in [3.05, 3.63) is 59.2 Å². The van der Waals surface area contributed by atoms with Crippen molar-refractivity contribution < 1.29 is 9.59 Å². The van der Waals surface area contributed by atoms with Crippen LogP contribution in [0.4, 0.5) is 11.4 Å². The van der Waals surface area contributed by atoms with Crippen molar-refractivity contribution in [1.29, 1.82) is 0 Å². The van der Waals surface area contributed by atoms with E-state index in [1.807, 2.05) is 26.0 Å². The van der Waals surface area contributed by atoms with Crippen molar-refractivity contribution in [3.8, 4) is 0 Å². The maximum absolute atomic E-state index is 12.0. The summed E-state index contributed by atoms with van der Waals surface area (Å²) < 4.78 is 0. The Balaban J connectivity index is 1.44. The first-order valence-corrected chi connectivity index (χ1v) is 10.0. The van der Waals surface area contributed by atoms with Gasteiger partial charge in [0.15, 0.2) is 0 Å². The fourth-order valence-electron chi connectivity index (χ4n) is 3.43. The van der Waals surface area contributed by atoms with Crippen molar-refractivity contribution in [2.75, 3.05) is 29.9 Å². The largest absolute Gasteiger partial charge is 0.372 e. The second-order valence-corrected chi connectivity index (χ2v) is 7.47. The highest BCUT2D eigenvalue weighted by atomic mass is 16.2. The normalized spacial score (nSPS) is 13.9. The van der Waals surface area contributed by atoms with E-state index in [4.69, 9.17) is 0 Å². The average molecular weight is 380 g/mol. The van der Waals surface area contributed by atoms with E-state index in [-0.39, 0.29) is 0 Å². The van der Waals surface area contributed by atoms with Crippen LogP contribution in [0.2, 0.25) is 0 Å². The summed E-state index contributed by atoms with van der Waals surface area (Å²) in [4.78, 5) is 26.5. The summed E-state index contributed by atoms with van der Waals surface area (Å²) in [7, 11) is 0. The van der Waals surface area contributed by atoms with Gasteiger partial charge in [-0.25, -0.2) is 0 Å². The molecule has 1 aliphatic heterocycles. The molecule has 1 fully saturated rings. The summed E-state index contributed by atoms with van der Waals surface area (Å²) in [5.41, 5.74) is 5.27. The van der Waals surface area contributed by atoms with Crippen molar-refractivity contribution >= 4 is 23.2 Å². The topological polar surface area (TPSA) is 61.4 Å². The van der Waals surface area contributed by atoms with Crippen molar-refractivity contribution in [2.24, 2.45) is 0 Å². The third-order valence-electron chi connectivity index (χ3n) is 5.33. The van der Waals surface area contributed by atoms with Gasteiger partial charge in [0.2, 0.25) is 0 Å². The van der Waals surface area contributed by atoms with Gasteiger partial charge in [0.05, 0.1) is 0 Å². The number of amides is 2. The summed E-state index contributed by atoms with van der Waals surface area (Å²) in [5.74, 6) is -1.24. The molecular weight excluding hydrogens is 350 g/mol. The fraction of sp³-hybridized carbons (Fsp3) is 0.391. The Kier molecular flexibility index (Phi) is 6.69. The molecule has 1 aliphatic rings. The maximum Gasteiger partial charge on any atom is 0.313 e. The van der Waals surface area contributed by atoms with Gasteiger partial charge in [0.25, 0.3) is 0 Å². The van der Waals surface area contributed by atoms with Crippen LogP contribution in [-0.4, -0.2) is 31.4 Å². The van der Waals surface area contributed by atoms with Crippen LogP contribution in [0.3, 0.4) is 0 Å². The summed E-state index contributed by atoms with van der Waals surface area (Å²) in [6.07, 6.45) is 4.55. The second kappa shape index (κ2) is 9.40. The SMILES string of the molecule is Cc1ccc(NC(=O)C(=O)NCCc2ccc(N3CCCCC3)cc2)cc1C. The number of aryl methyl sites for hydroxylation is 2. The number of nitrogens with one attached hydrogen (secondary N) is 2. The van der Waals surface area contributed by atoms with Crippen LogP contribution < -0.4 is 15.5 Å². The highest BCUT2D eigenvalue weighted by Crippen LogP contribution is 2.20. The number of nitrogens with zero attached hydrogens (tertiary/aromatic N) is 1. The second-order valence-electron chi connectivity index (χ2n) is 7.47. The van der Waals surface area contributed by atoms with E-state index < -0.39 is 11.8 Å². The molecule has 148 valence electrons. The molecule has 0 bridgehead atoms. The monoisotopic (exact) mass is 379 g/mol. The minimum absolute atomic E-state index is 0.433. The van der Waals surface area contributed by atoms with E-state index in [1.165, 1.54) is 24.9 Å². The van der Waals surface area contributed by atoms with Gasteiger partial charge in [-0.05, 0) is 80.5 Å². The third-order valence-corrected chi connectivity index (χ3v) is 5.33. The van der Waals surface area contributed by atoms with Gasteiger partial charge < -0.3 is 15.5 Å². The van der Waals surface area contributed by atoms with Gasteiger partial charge in [-0.1, -0.05) is 18.2 Å². The molecule has 1 saturated heterocycles. The van der Waals surface area contributed by atoms with E-state index >= 15 is 0 Å². The summed E-state index contributed by atoms with van der Waals surface area (Å²) in [5, 5.41) is 5.34. The van der Waals surface area contributed by atoms with Crippen molar-refractivity contribution in [3.63, 3.8) is 0 Å². The molecular formula is C23H29N3O2. The predicted octanol–water partition coefficient (Wildman–Crippen LogP) is 3.59. The predicted molar refractivity (Wildman–Crippen MR) is 114 cm³/mol. The zero-order chi connectivity index (χ0) is 19.9. The Morgan fingerprint density at radius 2 is 1.61 bits per heavy atom. The van der Waals surface area contributed by atoms with Gasteiger partial charge in [-0.15, -0.1) is 0 Å². The Morgan fingerprint density at radius 3 is 2.29 bits per heavy atom. The smallest absolute Gasteiger partial charge is 0.313 e. The number of anilines is 2. The van der Waals surface area contributed by atoms with Crippen LogP contribution >= 0.6 is 0 Å². The molecule has 5 nitrogen and oxygen atoms in total. The molecule has 0 atom stereocenters. The molecule has 3 rings (SSSR count). The lowest BCUT2D eigenvalue weighted by Gasteiger charge is -2.28. The molecule has 0 unspecified atom stereocenters. The first-order valence-electron chi connectivity index (χ1n) is 10.0. The van der Waals surface area contributed by atoms with Crippen LogP contribution in [0.5, 0.6) is 0 Å². The lowest BCUT2D eigenvalue weighted by Crippen LogP contribution is -2.36. The third kappa shape index (κ3) is 5.35. The number of carbonyl (C=O) groups is 2. The Bertz CT molecular complexity index is 824. The van der Waals surface area contributed by atoms with E-state index in [0.717, 1.165) is 29.8 Å². The summed E-state index contributed by atoms with van der Waals surface area (Å²) >= 11 is 0. The van der Waals surface area contributed by atoms with Gasteiger partial charge in [0, 0.05) is 31.0 Å². The van der Waals surface area contributed by atoms with Crippen LogP contribution in [0.1, 0.15) is 36.0 Å². The standard InChI is InChI=1S/C23H29N3O2/c1-17-6-9-20(16-18(17)2)25-23(28)22(27)24-13-12-19-7-10-21(11-8-19)26-14-4-3-5-15-26/h6-11,16H,3-5,12-15H2,1-2H3,(H,24,27)(H,25,28). The molecule has 0 saturated carbocycles. The molecule has 1 heterocycles. The number of hydrogen-bond acceptors (Lipinski definition) is 3. The Labute approximate surface area is 167 Å². The molecule has 0 spiro atoms. The number of hydrogen-bond donors (Lipinski definition) is 2. The highest BCUT2D eigenvalue weighted by molar-refractivity contribution is 6.39. The van der Waals surface area contributed by atoms with Gasteiger partial charge in [-0.3, -0.25) is 9.59 Å². The van der Waals surface area contributed by atoms with E-state index in [0.29, 0.717) is 18.7 Å². The molecule has 0 aromatic heterocycles. The number of piperidine rings is 1. The maximum atomic E-state index is 12.0. The molecule has 2 amide bonds. The molecule has 2 aromatic rings. The van der Waals surface area contributed by atoms with E-state index in [1.54, 1.807) is 6.07 Å². The summed E-state index contributed by atoms with van der Waals surface area (Å²) in [6, 6.07) is 14.1. The number of carbonyl (C=O) groups excluding carboxylic acids is 2. The number of rotatable bonds is 5. The average Bonchev–Trinajstić information content (AvgIpc) is 2.72. The zero-order valence-corrected chi connectivity index (χ0v) is 16.8. The van der Waals surface area contributed by atoms with Crippen LogP contribution in [0.15, 0.2) is 42.5 Å². The quantitative estimate of drug-likeness (QED) is 0.781. The first kappa shape index (κ1) is 19.9. The summed E-state index contributed by atoms with van der Waals surface area (Å²) in [6.45, 7) is 6.67. The van der Waals surface area contributed by atoms with Crippen LogP contribution in [0, 0.1) is 13.8 Å². The fourth-order valence-corrected chi connectivity index (χ4v) is 3.43. The molecule has 28 heavy (non-hydrogen) atoms. The van der Waals surface area contributed by atoms with E-state index in [2.05, 4.69) is 39.8 Å². The van der Waals surface area contributed by atoms with Crippen LogP contribution in [-0.2, 0) is 16.0 Å². The lowest BCUT2D eigenvalue weighted by atomic mass is 10.1. The number of benzene rings is 2. The molecule has 0 radical (unpaired) electrons. The highest BCUT2D eigenvalue weighted by Gasteiger charge is 2.14. The van der Waals surface area contributed by atoms with Gasteiger partial charge >= 0.3 is 11.8 Å². The van der Waals surface area contributed by atoms with E-state index in [9.17, 15) is 9.59 Å². The minimum atomic E-state index is -0.635. The lowest BCUT2D eigenvalue weighted by molar-refractivity contribution is -0.136. The van der Waals surface area contributed by atoms with Crippen LogP contribution in [0.25, 0.3) is 0 Å². The van der Waals surface area contributed by atoms with Gasteiger partial charge in [0.1, 0.15) is 0 Å². The zero-order valence-electron chi connectivity index (χ0n) is 16.8. The molecule has 0 aliphatic carbocycles. The molecule has 2 aromatic carbocycles. The Morgan fingerprint density at radius 1 is 0.893 bits per heavy atom. The van der Waals surface area contributed by atoms with Gasteiger partial charge in [-0.2, -0.15) is 0 Å². The van der Waals surface area contributed by atoms with Crippen molar-refractivity contribution in [1.82, 2.24) is 5.32 Å². The van der Waals surface area contributed by atoms with Crippen molar-refractivity contribution in [2.45, 2.75) is 39.5 Å². The molecule has 2 N–H and O–H groups in total. The Hall–Kier alpha value is -2.82.